The summed E-state index contributed by atoms with van der Waals surface area (Å²) < 4.78 is 16.4. The lowest BCUT2D eigenvalue weighted by Gasteiger charge is -2.31. The molecule has 154 valence electrons. The molecule has 29 heavy (non-hydrogen) atoms. The maximum Gasteiger partial charge on any atom is 0.257 e. The Morgan fingerprint density at radius 2 is 2.14 bits per heavy atom. The van der Waals surface area contributed by atoms with Crippen LogP contribution in [0.1, 0.15) is 36.0 Å². The smallest absolute Gasteiger partial charge is 0.257 e. The van der Waals surface area contributed by atoms with Crippen LogP contribution in [-0.4, -0.2) is 49.1 Å². The zero-order valence-corrected chi connectivity index (χ0v) is 16.3. The minimum absolute atomic E-state index is 0.0778. The van der Waals surface area contributed by atoms with Gasteiger partial charge in [0.25, 0.3) is 5.91 Å². The Bertz CT molecular complexity index is 829. The largest absolute Gasteiger partial charge is 0.491 e. The number of hydrogen-bond acceptors (Lipinski definition) is 5. The summed E-state index contributed by atoms with van der Waals surface area (Å²) in [6.45, 7) is 2.38. The molecule has 2 atom stereocenters. The summed E-state index contributed by atoms with van der Waals surface area (Å²) in [6, 6.07) is 9.04. The lowest BCUT2D eigenvalue weighted by atomic mass is 9.96. The zero-order chi connectivity index (χ0) is 20.1. The molecule has 4 rings (SSSR count). The van der Waals surface area contributed by atoms with Crippen molar-refractivity contribution >= 4 is 17.5 Å². The van der Waals surface area contributed by atoms with Crippen LogP contribution in [0.4, 0.5) is 5.69 Å². The van der Waals surface area contributed by atoms with E-state index in [-0.39, 0.29) is 23.8 Å². The van der Waals surface area contributed by atoms with Crippen molar-refractivity contribution in [3.05, 3.63) is 48.4 Å². The maximum absolute atomic E-state index is 12.8. The predicted molar refractivity (Wildman–Crippen MR) is 107 cm³/mol. The van der Waals surface area contributed by atoms with E-state index in [1.807, 2.05) is 24.3 Å². The number of hydrogen-bond donors (Lipinski definition) is 1. The van der Waals surface area contributed by atoms with Gasteiger partial charge in [0, 0.05) is 31.5 Å². The first-order valence-electron chi connectivity index (χ1n) is 10.2. The van der Waals surface area contributed by atoms with E-state index < -0.39 is 0 Å². The number of likely N-dealkylation sites (tertiary alicyclic amines) is 1. The number of carbonyl (C=O) groups excluding carboxylic acids is 2. The topological polar surface area (TPSA) is 81.0 Å². The molecule has 2 saturated heterocycles. The Hall–Kier alpha value is -2.80. The average Bonchev–Trinajstić information content (AvgIpc) is 3.46. The van der Waals surface area contributed by atoms with E-state index in [4.69, 9.17) is 13.9 Å². The number of benzene rings is 1. The highest BCUT2D eigenvalue weighted by Crippen LogP contribution is 2.23. The first-order chi connectivity index (χ1) is 14.2. The third-order valence-electron chi connectivity index (χ3n) is 5.41. The number of furan rings is 1. The zero-order valence-electron chi connectivity index (χ0n) is 16.3. The summed E-state index contributed by atoms with van der Waals surface area (Å²) in [5, 5.41) is 2.97. The van der Waals surface area contributed by atoms with Crippen molar-refractivity contribution in [1.29, 1.82) is 0 Å². The highest BCUT2D eigenvalue weighted by molar-refractivity contribution is 5.96. The van der Waals surface area contributed by atoms with Gasteiger partial charge < -0.3 is 24.1 Å². The van der Waals surface area contributed by atoms with Gasteiger partial charge in [0.05, 0.1) is 23.8 Å². The van der Waals surface area contributed by atoms with E-state index in [0.29, 0.717) is 36.7 Å². The number of amides is 2. The lowest BCUT2D eigenvalue weighted by Crippen LogP contribution is -2.43. The standard InChI is InChI=1S/C22H26N2O5/c25-21(16-4-2-9-24(13-16)22(26)17-8-11-27-14-17)23-18-5-1-6-19(12-18)29-15-20-7-3-10-28-20/h1,5-6,8,11-12,14,16,20H,2-4,7,9-10,13,15H2,(H,23,25). The number of rotatable bonds is 6. The summed E-state index contributed by atoms with van der Waals surface area (Å²) in [4.78, 5) is 27.0. The van der Waals surface area contributed by atoms with E-state index in [2.05, 4.69) is 5.32 Å². The molecule has 3 heterocycles. The monoisotopic (exact) mass is 398 g/mol. The molecule has 1 N–H and O–H groups in total. The molecule has 2 amide bonds. The summed E-state index contributed by atoms with van der Waals surface area (Å²) in [5.41, 5.74) is 1.21. The van der Waals surface area contributed by atoms with Crippen molar-refractivity contribution in [1.82, 2.24) is 4.90 Å². The molecule has 7 heteroatoms. The van der Waals surface area contributed by atoms with E-state index in [0.717, 1.165) is 32.3 Å². The van der Waals surface area contributed by atoms with Gasteiger partial charge >= 0.3 is 0 Å². The van der Waals surface area contributed by atoms with Gasteiger partial charge in [0.15, 0.2) is 0 Å². The first-order valence-corrected chi connectivity index (χ1v) is 10.2. The fourth-order valence-corrected chi connectivity index (χ4v) is 3.82. The Kier molecular flexibility index (Phi) is 6.14. The van der Waals surface area contributed by atoms with Crippen LogP contribution in [0.5, 0.6) is 5.75 Å². The SMILES string of the molecule is O=C(Nc1cccc(OCC2CCCO2)c1)C1CCCN(C(=O)c2ccoc2)C1. The normalized spacial score (nSPS) is 21.7. The Balaban J connectivity index is 1.32. The van der Waals surface area contributed by atoms with Crippen LogP contribution in [0, 0.1) is 5.92 Å². The van der Waals surface area contributed by atoms with Crippen LogP contribution in [0.15, 0.2) is 47.3 Å². The lowest BCUT2D eigenvalue weighted by molar-refractivity contribution is -0.121. The fraction of sp³-hybridized carbons (Fsp3) is 0.455. The van der Waals surface area contributed by atoms with Crippen molar-refractivity contribution in [3.63, 3.8) is 0 Å². The molecular formula is C22H26N2O5. The average molecular weight is 398 g/mol. The van der Waals surface area contributed by atoms with Crippen LogP contribution in [0.2, 0.25) is 0 Å². The molecule has 2 aliphatic heterocycles. The Labute approximate surface area is 170 Å². The van der Waals surface area contributed by atoms with Crippen molar-refractivity contribution in [3.8, 4) is 5.75 Å². The second-order valence-corrected chi connectivity index (χ2v) is 7.57. The third-order valence-corrected chi connectivity index (χ3v) is 5.41. The molecule has 2 aliphatic rings. The van der Waals surface area contributed by atoms with Gasteiger partial charge in [-0.05, 0) is 43.9 Å². The summed E-state index contributed by atoms with van der Waals surface area (Å²) in [7, 11) is 0. The van der Waals surface area contributed by atoms with Gasteiger partial charge in [-0.1, -0.05) is 6.07 Å². The van der Waals surface area contributed by atoms with Gasteiger partial charge in [-0.3, -0.25) is 9.59 Å². The molecule has 2 aromatic rings. The Morgan fingerprint density at radius 3 is 2.93 bits per heavy atom. The number of nitrogens with zero attached hydrogens (tertiary/aromatic N) is 1. The van der Waals surface area contributed by atoms with E-state index in [9.17, 15) is 9.59 Å². The molecule has 0 bridgehead atoms. The minimum atomic E-state index is -0.240. The van der Waals surface area contributed by atoms with Crippen LogP contribution in [0.25, 0.3) is 0 Å². The summed E-state index contributed by atoms with van der Waals surface area (Å²) in [5.74, 6) is 0.293. The molecule has 0 saturated carbocycles. The number of nitrogens with one attached hydrogen (secondary N) is 1. The molecule has 0 spiro atoms. The molecule has 0 aliphatic carbocycles. The number of anilines is 1. The Morgan fingerprint density at radius 1 is 1.21 bits per heavy atom. The van der Waals surface area contributed by atoms with Crippen molar-refractivity contribution in [2.75, 3.05) is 31.6 Å². The molecule has 2 fully saturated rings. The van der Waals surface area contributed by atoms with Crippen molar-refractivity contribution < 1.29 is 23.5 Å². The van der Waals surface area contributed by atoms with Crippen LogP contribution in [0.3, 0.4) is 0 Å². The highest BCUT2D eigenvalue weighted by Gasteiger charge is 2.29. The molecule has 7 nitrogen and oxygen atoms in total. The maximum atomic E-state index is 12.8. The van der Waals surface area contributed by atoms with Gasteiger partial charge in [-0.25, -0.2) is 0 Å². The van der Waals surface area contributed by atoms with Gasteiger partial charge in [-0.2, -0.15) is 0 Å². The third kappa shape index (κ3) is 4.98. The quantitative estimate of drug-likeness (QED) is 0.807. The number of piperidine rings is 1. The van der Waals surface area contributed by atoms with Gasteiger partial charge in [0.1, 0.15) is 18.6 Å². The first kappa shape index (κ1) is 19.5. The summed E-state index contributed by atoms with van der Waals surface area (Å²) in [6.07, 6.45) is 6.72. The number of ether oxygens (including phenoxy) is 2. The van der Waals surface area contributed by atoms with E-state index in [1.54, 1.807) is 11.0 Å². The second-order valence-electron chi connectivity index (χ2n) is 7.57. The second kappa shape index (κ2) is 9.13. The van der Waals surface area contributed by atoms with Crippen molar-refractivity contribution in [2.45, 2.75) is 31.8 Å². The molecule has 1 aromatic carbocycles. The fourth-order valence-electron chi connectivity index (χ4n) is 3.82. The summed E-state index contributed by atoms with van der Waals surface area (Å²) >= 11 is 0. The molecule has 2 unspecified atom stereocenters. The van der Waals surface area contributed by atoms with Crippen LogP contribution < -0.4 is 10.1 Å². The molecule has 0 radical (unpaired) electrons. The highest BCUT2D eigenvalue weighted by atomic mass is 16.5. The molecular weight excluding hydrogens is 372 g/mol. The van der Waals surface area contributed by atoms with Crippen LogP contribution >= 0.6 is 0 Å². The van der Waals surface area contributed by atoms with E-state index >= 15 is 0 Å². The van der Waals surface area contributed by atoms with E-state index in [1.165, 1.54) is 12.5 Å². The number of carbonyl (C=O) groups is 2. The van der Waals surface area contributed by atoms with Gasteiger partial charge in [0.2, 0.25) is 5.91 Å². The van der Waals surface area contributed by atoms with Crippen LogP contribution in [-0.2, 0) is 9.53 Å². The van der Waals surface area contributed by atoms with Gasteiger partial charge in [-0.15, -0.1) is 0 Å². The molecule has 1 aromatic heterocycles. The minimum Gasteiger partial charge on any atom is -0.491 e. The predicted octanol–water partition coefficient (Wildman–Crippen LogP) is 3.33. The van der Waals surface area contributed by atoms with Crippen molar-refractivity contribution in [2.24, 2.45) is 5.92 Å².